The van der Waals surface area contributed by atoms with E-state index >= 15 is 0 Å². The number of halogens is 1. The second-order valence-electron chi connectivity index (χ2n) is 9.74. The van der Waals surface area contributed by atoms with E-state index in [-0.39, 0.29) is 12.4 Å². The van der Waals surface area contributed by atoms with Crippen molar-refractivity contribution in [1.29, 1.82) is 0 Å². The van der Waals surface area contributed by atoms with Crippen LogP contribution in [0, 0.1) is 0 Å². The molecule has 0 bridgehead atoms. The third kappa shape index (κ3) is 7.45. The van der Waals surface area contributed by atoms with Crippen LogP contribution < -0.4 is 24.3 Å². The number of nitrogens with one attached hydrogen (secondary N) is 1. The van der Waals surface area contributed by atoms with Gasteiger partial charge in [0.1, 0.15) is 18.1 Å². The summed E-state index contributed by atoms with van der Waals surface area (Å²) in [4.78, 5) is 17.1. The number of ether oxygens (including phenoxy) is 4. The molecule has 3 aromatic carbocycles. The number of anilines is 1. The van der Waals surface area contributed by atoms with Crippen molar-refractivity contribution in [3.8, 4) is 23.0 Å². The summed E-state index contributed by atoms with van der Waals surface area (Å²) in [5.41, 5.74) is 3.86. The molecule has 2 heterocycles. The molecule has 0 aliphatic rings. The fourth-order valence-electron chi connectivity index (χ4n) is 4.59. The van der Waals surface area contributed by atoms with Gasteiger partial charge in [0, 0.05) is 40.9 Å². The number of benzene rings is 3. The maximum absolute atomic E-state index is 12.8. The first-order valence-corrected chi connectivity index (χ1v) is 14.3. The number of aryl methyl sites for hydroxylation is 1. The number of hydrogen-bond donors (Lipinski definition) is 1. The van der Waals surface area contributed by atoms with Gasteiger partial charge in [0.05, 0.1) is 33.0 Å². The van der Waals surface area contributed by atoms with E-state index in [1.54, 1.807) is 74.7 Å². The lowest BCUT2D eigenvalue weighted by molar-refractivity contribution is 0.104. The zero-order valence-corrected chi connectivity index (χ0v) is 25.4. The summed E-state index contributed by atoms with van der Waals surface area (Å²) in [6.07, 6.45) is 7.70. The number of fused-ring (bicyclic) bond motifs is 1. The van der Waals surface area contributed by atoms with Crippen LogP contribution in [0.2, 0.25) is 5.02 Å². The monoisotopic (exact) mass is 613 g/mol. The lowest BCUT2D eigenvalue weighted by Crippen LogP contribution is -2.07. The number of allylic oxidation sites excluding steroid dienone is 1. The van der Waals surface area contributed by atoms with Crippen LogP contribution in [0.5, 0.6) is 23.0 Å². The van der Waals surface area contributed by atoms with Gasteiger partial charge in [-0.1, -0.05) is 22.9 Å². The summed E-state index contributed by atoms with van der Waals surface area (Å²) in [5, 5.41) is 13.6. The number of carbonyl (C=O) groups excluding carboxylic acids is 1. The molecule has 226 valence electrons. The molecule has 0 amide bonds. The minimum absolute atomic E-state index is 0.149. The second-order valence-corrected chi connectivity index (χ2v) is 10.2. The molecule has 0 spiro atoms. The maximum atomic E-state index is 12.8. The molecular formula is C33H32ClN5O5. The molecular weight excluding hydrogens is 582 g/mol. The topological polar surface area (TPSA) is 110 Å². The van der Waals surface area contributed by atoms with Crippen molar-refractivity contribution in [1.82, 2.24) is 20.0 Å². The number of carbonyl (C=O) groups is 1. The van der Waals surface area contributed by atoms with Gasteiger partial charge in [-0.15, -0.1) is 5.10 Å². The predicted molar refractivity (Wildman–Crippen MR) is 170 cm³/mol. The average molecular weight is 614 g/mol. The number of nitrogens with zero attached hydrogens (tertiary/aromatic N) is 4. The third-order valence-electron chi connectivity index (χ3n) is 6.81. The first-order chi connectivity index (χ1) is 21.5. The van der Waals surface area contributed by atoms with E-state index < -0.39 is 0 Å². The van der Waals surface area contributed by atoms with Crippen molar-refractivity contribution in [2.75, 3.05) is 33.2 Å². The highest BCUT2D eigenvalue weighted by atomic mass is 35.5. The van der Waals surface area contributed by atoms with E-state index in [1.165, 1.54) is 6.08 Å². The van der Waals surface area contributed by atoms with E-state index in [4.69, 9.17) is 30.5 Å². The fraction of sp³-hybridized carbons (Fsp3) is 0.212. The molecule has 0 aliphatic carbocycles. The Morgan fingerprint density at radius 1 is 0.977 bits per heavy atom. The average Bonchev–Trinajstić information content (AvgIpc) is 3.51. The SMILES string of the molecule is COc1cc(/C=C/C(=O)c2ccc(OCc3cn(CCCNc4ccnc5cc(Cl)ccc45)nn3)cc2)cc(OC)c1OC. The Morgan fingerprint density at radius 3 is 2.48 bits per heavy atom. The van der Waals surface area contributed by atoms with Gasteiger partial charge in [-0.05, 0) is 78.7 Å². The van der Waals surface area contributed by atoms with Crippen molar-refractivity contribution in [3.05, 3.63) is 101 Å². The molecule has 11 heteroatoms. The van der Waals surface area contributed by atoms with Crippen LogP contribution in [0.4, 0.5) is 5.69 Å². The maximum Gasteiger partial charge on any atom is 0.203 e. The molecule has 10 nitrogen and oxygen atoms in total. The van der Waals surface area contributed by atoms with E-state index in [0.717, 1.165) is 35.1 Å². The summed E-state index contributed by atoms with van der Waals surface area (Å²) in [6.45, 7) is 1.73. The smallest absolute Gasteiger partial charge is 0.203 e. The van der Waals surface area contributed by atoms with Gasteiger partial charge in [0.15, 0.2) is 17.3 Å². The molecule has 5 aromatic rings. The summed E-state index contributed by atoms with van der Waals surface area (Å²) < 4.78 is 23.8. The van der Waals surface area contributed by atoms with E-state index in [9.17, 15) is 4.79 Å². The standard InChI is InChI=1S/C33H32ClN5O5/c1-41-31-17-22(18-32(42-2)33(31)43-3)5-12-30(40)23-6-9-26(10-7-23)44-21-25-20-39(38-37-25)16-4-14-35-28-13-15-36-29-19-24(34)8-11-27(28)29/h5-13,15,17-20H,4,14,16,21H2,1-3H3,(H,35,36)/b12-5+. The molecule has 0 unspecified atom stereocenters. The molecule has 2 aromatic heterocycles. The summed E-state index contributed by atoms with van der Waals surface area (Å²) in [5.74, 6) is 1.99. The third-order valence-corrected chi connectivity index (χ3v) is 7.05. The summed E-state index contributed by atoms with van der Waals surface area (Å²) >= 11 is 6.08. The minimum Gasteiger partial charge on any atom is -0.493 e. The first-order valence-electron chi connectivity index (χ1n) is 13.9. The zero-order valence-electron chi connectivity index (χ0n) is 24.6. The van der Waals surface area contributed by atoms with Gasteiger partial charge >= 0.3 is 0 Å². The van der Waals surface area contributed by atoms with E-state index in [2.05, 4.69) is 20.6 Å². The molecule has 0 saturated heterocycles. The summed E-state index contributed by atoms with van der Waals surface area (Å²) in [6, 6.07) is 18.2. The van der Waals surface area contributed by atoms with Crippen LogP contribution in [0.15, 0.2) is 79.1 Å². The van der Waals surface area contributed by atoms with Gasteiger partial charge in [0.25, 0.3) is 0 Å². The fourth-order valence-corrected chi connectivity index (χ4v) is 4.76. The van der Waals surface area contributed by atoms with Crippen LogP contribution in [-0.2, 0) is 13.2 Å². The number of rotatable bonds is 14. The molecule has 0 radical (unpaired) electrons. The molecule has 0 atom stereocenters. The Hall–Kier alpha value is -5.09. The highest BCUT2D eigenvalue weighted by Gasteiger charge is 2.12. The van der Waals surface area contributed by atoms with Crippen molar-refractivity contribution in [2.45, 2.75) is 19.6 Å². The second kappa shape index (κ2) is 14.4. The first kappa shape index (κ1) is 30.4. The van der Waals surface area contributed by atoms with Crippen LogP contribution in [-0.4, -0.2) is 53.6 Å². The molecule has 0 aliphatic heterocycles. The normalized spacial score (nSPS) is 11.1. The van der Waals surface area contributed by atoms with Crippen LogP contribution in [0.3, 0.4) is 0 Å². The zero-order chi connectivity index (χ0) is 30.9. The summed E-state index contributed by atoms with van der Waals surface area (Å²) in [7, 11) is 4.64. The van der Waals surface area contributed by atoms with Crippen LogP contribution in [0.25, 0.3) is 17.0 Å². The molecule has 1 N–H and O–H groups in total. The van der Waals surface area contributed by atoms with Crippen molar-refractivity contribution >= 4 is 40.1 Å². The van der Waals surface area contributed by atoms with E-state index in [0.29, 0.717) is 45.8 Å². The predicted octanol–water partition coefficient (Wildman–Crippen LogP) is 6.48. The van der Waals surface area contributed by atoms with Crippen molar-refractivity contribution in [3.63, 3.8) is 0 Å². The lowest BCUT2D eigenvalue weighted by Gasteiger charge is -2.12. The Balaban J connectivity index is 1.09. The van der Waals surface area contributed by atoms with Gasteiger partial charge in [-0.3, -0.25) is 14.5 Å². The highest BCUT2D eigenvalue weighted by molar-refractivity contribution is 6.31. The number of aromatic nitrogens is 4. The van der Waals surface area contributed by atoms with Gasteiger partial charge in [-0.2, -0.15) is 0 Å². The van der Waals surface area contributed by atoms with Crippen LogP contribution in [0.1, 0.15) is 28.0 Å². The Kier molecular flexibility index (Phi) is 9.93. The van der Waals surface area contributed by atoms with Gasteiger partial charge in [-0.25, -0.2) is 0 Å². The van der Waals surface area contributed by atoms with E-state index in [1.807, 2.05) is 30.5 Å². The van der Waals surface area contributed by atoms with Gasteiger partial charge < -0.3 is 24.3 Å². The number of hydrogen-bond acceptors (Lipinski definition) is 9. The molecule has 0 fully saturated rings. The Bertz CT molecular complexity index is 1750. The Morgan fingerprint density at radius 2 is 1.75 bits per heavy atom. The number of pyridine rings is 1. The largest absolute Gasteiger partial charge is 0.493 e. The number of methoxy groups -OCH3 is 3. The highest BCUT2D eigenvalue weighted by Crippen LogP contribution is 2.38. The molecule has 5 rings (SSSR count). The van der Waals surface area contributed by atoms with Gasteiger partial charge in [0.2, 0.25) is 5.75 Å². The van der Waals surface area contributed by atoms with Crippen molar-refractivity contribution < 1.29 is 23.7 Å². The Labute approximate surface area is 260 Å². The molecule has 44 heavy (non-hydrogen) atoms. The lowest BCUT2D eigenvalue weighted by atomic mass is 10.1. The minimum atomic E-state index is -0.149. The molecule has 0 saturated carbocycles. The number of ketones is 1. The van der Waals surface area contributed by atoms with Crippen molar-refractivity contribution in [2.24, 2.45) is 0 Å². The van der Waals surface area contributed by atoms with Crippen LogP contribution >= 0.6 is 11.6 Å². The quantitative estimate of drug-likeness (QED) is 0.0854.